The number of anilines is 2. The Morgan fingerprint density at radius 1 is 1.00 bits per heavy atom. The number of halogens is 2. The maximum absolute atomic E-state index is 13.4. The molecule has 2 rings (SSSR count). The second-order valence-electron chi connectivity index (χ2n) is 3.88. The van der Waals surface area contributed by atoms with E-state index in [-0.39, 0.29) is 0 Å². The van der Waals surface area contributed by atoms with Gasteiger partial charge < -0.3 is 15.4 Å². The van der Waals surface area contributed by atoms with E-state index in [0.717, 1.165) is 12.1 Å². The smallest absolute Gasteiger partial charge is 0.323 e. The summed E-state index contributed by atoms with van der Waals surface area (Å²) in [5.41, 5.74) is -0.107. The van der Waals surface area contributed by atoms with E-state index >= 15 is 0 Å². The molecule has 0 aliphatic rings. The average Bonchev–Trinajstić information content (AvgIpc) is 2.44. The lowest BCUT2D eigenvalue weighted by Gasteiger charge is -2.11. The van der Waals surface area contributed by atoms with Crippen LogP contribution in [-0.2, 0) is 0 Å². The molecule has 2 N–H and O–H groups in total. The van der Waals surface area contributed by atoms with Crippen molar-refractivity contribution >= 4 is 17.4 Å². The fourth-order valence-corrected chi connectivity index (χ4v) is 1.63. The Labute approximate surface area is 114 Å². The van der Waals surface area contributed by atoms with Gasteiger partial charge in [-0.25, -0.2) is 13.6 Å². The Kier molecular flexibility index (Phi) is 4.14. The molecule has 0 saturated carbocycles. The van der Waals surface area contributed by atoms with Gasteiger partial charge in [0.25, 0.3) is 0 Å². The Morgan fingerprint density at radius 2 is 1.65 bits per heavy atom. The average molecular weight is 278 g/mol. The van der Waals surface area contributed by atoms with Crippen LogP contribution in [0, 0.1) is 11.6 Å². The molecule has 0 spiro atoms. The molecule has 0 heterocycles. The number of benzene rings is 2. The molecule has 0 bridgehead atoms. The summed E-state index contributed by atoms with van der Waals surface area (Å²) in [4.78, 5) is 11.7. The lowest BCUT2D eigenvalue weighted by molar-refractivity contribution is 0.261. The lowest BCUT2D eigenvalue weighted by Crippen LogP contribution is -2.21. The largest absolute Gasteiger partial charge is 0.495 e. The molecule has 0 saturated heterocycles. The summed E-state index contributed by atoms with van der Waals surface area (Å²) in [6.45, 7) is 0. The van der Waals surface area contributed by atoms with Crippen LogP contribution < -0.4 is 15.4 Å². The van der Waals surface area contributed by atoms with E-state index in [1.807, 2.05) is 0 Å². The van der Waals surface area contributed by atoms with Gasteiger partial charge in [-0.05, 0) is 24.3 Å². The summed E-state index contributed by atoms with van der Waals surface area (Å²) in [5, 5.41) is 4.58. The molecule has 2 amide bonds. The molecule has 0 aromatic heterocycles. The van der Waals surface area contributed by atoms with Crippen LogP contribution in [0.4, 0.5) is 25.0 Å². The minimum Gasteiger partial charge on any atom is -0.495 e. The summed E-state index contributed by atoms with van der Waals surface area (Å²) in [7, 11) is 1.45. The van der Waals surface area contributed by atoms with E-state index in [1.54, 1.807) is 24.3 Å². The van der Waals surface area contributed by atoms with E-state index < -0.39 is 23.4 Å². The maximum atomic E-state index is 13.4. The van der Waals surface area contributed by atoms with E-state index in [9.17, 15) is 13.6 Å². The fraction of sp³-hybridized carbons (Fsp3) is 0.0714. The van der Waals surface area contributed by atoms with E-state index in [4.69, 9.17) is 4.74 Å². The van der Waals surface area contributed by atoms with Crippen LogP contribution in [-0.4, -0.2) is 13.1 Å². The van der Waals surface area contributed by atoms with Crippen LogP contribution >= 0.6 is 0 Å². The Balaban J connectivity index is 2.13. The topological polar surface area (TPSA) is 50.4 Å². The number of carbonyl (C=O) groups excluding carboxylic acids is 1. The van der Waals surface area contributed by atoms with Gasteiger partial charge in [0.1, 0.15) is 23.1 Å². The molecule has 0 unspecified atom stereocenters. The van der Waals surface area contributed by atoms with Crippen molar-refractivity contribution in [1.82, 2.24) is 0 Å². The minimum absolute atomic E-state index is 0.393. The number of hydrogen-bond acceptors (Lipinski definition) is 2. The molecular formula is C14H12F2N2O2. The molecule has 6 heteroatoms. The number of rotatable bonds is 3. The van der Waals surface area contributed by atoms with Gasteiger partial charge in [-0.3, -0.25) is 0 Å². The SMILES string of the molecule is COc1ccccc1NC(=O)Nc1c(F)cccc1F. The summed E-state index contributed by atoms with van der Waals surface area (Å²) in [6, 6.07) is 9.26. The monoisotopic (exact) mass is 278 g/mol. The molecule has 0 fully saturated rings. The van der Waals surface area contributed by atoms with Crippen molar-refractivity contribution in [2.24, 2.45) is 0 Å². The zero-order valence-electron chi connectivity index (χ0n) is 10.6. The first-order valence-corrected chi connectivity index (χ1v) is 5.77. The molecular weight excluding hydrogens is 266 g/mol. The first-order chi connectivity index (χ1) is 9.61. The highest BCUT2D eigenvalue weighted by atomic mass is 19.1. The molecule has 4 nitrogen and oxygen atoms in total. The number of para-hydroxylation sites is 3. The number of ether oxygens (including phenoxy) is 1. The normalized spacial score (nSPS) is 9.95. The minimum atomic E-state index is -0.847. The van der Waals surface area contributed by atoms with Gasteiger partial charge in [-0.1, -0.05) is 18.2 Å². The number of carbonyl (C=O) groups is 1. The van der Waals surface area contributed by atoms with Crippen LogP contribution in [0.5, 0.6) is 5.75 Å². The molecule has 2 aromatic rings. The van der Waals surface area contributed by atoms with Crippen molar-refractivity contribution in [3.8, 4) is 5.75 Å². The molecule has 0 aliphatic carbocycles. The third-order valence-electron chi connectivity index (χ3n) is 2.56. The summed E-state index contributed by atoms with van der Waals surface area (Å²) in [5.74, 6) is -1.25. The van der Waals surface area contributed by atoms with E-state index in [0.29, 0.717) is 11.4 Å². The van der Waals surface area contributed by atoms with Gasteiger partial charge in [-0.2, -0.15) is 0 Å². The highest BCUT2D eigenvalue weighted by Gasteiger charge is 2.13. The Bertz CT molecular complexity index is 612. The van der Waals surface area contributed by atoms with Crippen molar-refractivity contribution < 1.29 is 18.3 Å². The van der Waals surface area contributed by atoms with Gasteiger partial charge in [-0.15, -0.1) is 0 Å². The number of nitrogens with one attached hydrogen (secondary N) is 2. The predicted molar refractivity (Wildman–Crippen MR) is 72.0 cm³/mol. The van der Waals surface area contributed by atoms with Crippen molar-refractivity contribution in [3.63, 3.8) is 0 Å². The standard InChI is InChI=1S/C14H12F2N2O2/c1-20-12-8-3-2-7-11(12)17-14(19)18-13-9(15)5-4-6-10(13)16/h2-8H,1H3,(H2,17,18,19). The number of methoxy groups -OCH3 is 1. The molecule has 0 aliphatic heterocycles. The van der Waals surface area contributed by atoms with Crippen LogP contribution in [0.2, 0.25) is 0 Å². The zero-order valence-corrected chi connectivity index (χ0v) is 10.6. The van der Waals surface area contributed by atoms with Crippen LogP contribution in [0.1, 0.15) is 0 Å². The summed E-state index contributed by atoms with van der Waals surface area (Å²) >= 11 is 0. The predicted octanol–water partition coefficient (Wildman–Crippen LogP) is 3.62. The lowest BCUT2D eigenvalue weighted by atomic mass is 10.3. The summed E-state index contributed by atoms with van der Waals surface area (Å²) in [6.07, 6.45) is 0. The number of urea groups is 1. The summed E-state index contributed by atoms with van der Waals surface area (Å²) < 4.78 is 31.8. The highest BCUT2D eigenvalue weighted by molar-refractivity contribution is 6.00. The third-order valence-corrected chi connectivity index (χ3v) is 2.56. The van der Waals surface area contributed by atoms with E-state index in [2.05, 4.69) is 10.6 Å². The molecule has 0 atom stereocenters. The quantitative estimate of drug-likeness (QED) is 0.901. The van der Waals surface area contributed by atoms with Crippen LogP contribution in [0.25, 0.3) is 0 Å². The Morgan fingerprint density at radius 3 is 2.30 bits per heavy atom. The second kappa shape index (κ2) is 6.01. The maximum Gasteiger partial charge on any atom is 0.323 e. The van der Waals surface area contributed by atoms with Crippen molar-refractivity contribution in [1.29, 1.82) is 0 Å². The van der Waals surface area contributed by atoms with Crippen LogP contribution in [0.15, 0.2) is 42.5 Å². The molecule has 0 radical (unpaired) electrons. The first kappa shape index (κ1) is 13.8. The van der Waals surface area contributed by atoms with Crippen molar-refractivity contribution in [2.75, 3.05) is 17.7 Å². The van der Waals surface area contributed by atoms with E-state index in [1.165, 1.54) is 13.2 Å². The first-order valence-electron chi connectivity index (χ1n) is 5.77. The van der Waals surface area contributed by atoms with Gasteiger partial charge in [0.15, 0.2) is 0 Å². The molecule has 20 heavy (non-hydrogen) atoms. The van der Waals surface area contributed by atoms with Crippen LogP contribution in [0.3, 0.4) is 0 Å². The van der Waals surface area contributed by atoms with Crippen molar-refractivity contribution in [2.45, 2.75) is 0 Å². The van der Waals surface area contributed by atoms with Gasteiger partial charge in [0.2, 0.25) is 0 Å². The fourth-order valence-electron chi connectivity index (χ4n) is 1.63. The highest BCUT2D eigenvalue weighted by Crippen LogP contribution is 2.24. The molecule has 104 valence electrons. The third kappa shape index (κ3) is 3.03. The Hall–Kier alpha value is -2.63. The van der Waals surface area contributed by atoms with Gasteiger partial charge in [0, 0.05) is 0 Å². The number of amides is 2. The second-order valence-corrected chi connectivity index (χ2v) is 3.88. The molecule has 2 aromatic carbocycles. The number of hydrogen-bond donors (Lipinski definition) is 2. The van der Waals surface area contributed by atoms with Gasteiger partial charge >= 0.3 is 6.03 Å². The zero-order chi connectivity index (χ0) is 14.5. The van der Waals surface area contributed by atoms with Gasteiger partial charge in [0.05, 0.1) is 12.8 Å². The van der Waals surface area contributed by atoms with Crippen molar-refractivity contribution in [3.05, 3.63) is 54.1 Å².